The fourth-order valence-corrected chi connectivity index (χ4v) is 1.69. The number of nitrogens with zero attached hydrogens (tertiary/aromatic N) is 2. The Morgan fingerprint density at radius 2 is 2.11 bits per heavy atom. The van der Waals surface area contributed by atoms with E-state index in [1.165, 1.54) is 0 Å². The van der Waals surface area contributed by atoms with Gasteiger partial charge in [-0.25, -0.2) is 4.98 Å². The lowest BCUT2D eigenvalue weighted by molar-refractivity contribution is 0.0691. The van der Waals surface area contributed by atoms with Crippen molar-refractivity contribution in [2.45, 2.75) is 12.8 Å². The molecule has 1 rings (SSSR count). The Morgan fingerprint density at radius 3 is 2.83 bits per heavy atom. The van der Waals surface area contributed by atoms with Gasteiger partial charge in [-0.3, -0.25) is 0 Å². The minimum atomic E-state index is 0.447. The van der Waals surface area contributed by atoms with Gasteiger partial charge >= 0.3 is 0 Å². The van der Waals surface area contributed by atoms with Gasteiger partial charge in [0.1, 0.15) is 10.4 Å². The number of methoxy groups -OCH3 is 1. The fourth-order valence-electron chi connectivity index (χ4n) is 1.29. The number of halogens is 1. The predicted molar refractivity (Wildman–Crippen MR) is 74.6 cm³/mol. The molecule has 7 heteroatoms. The predicted octanol–water partition coefficient (Wildman–Crippen LogP) is 1.68. The van der Waals surface area contributed by atoms with Gasteiger partial charge < -0.3 is 20.5 Å². The number of hydrogen-bond acceptors (Lipinski definition) is 6. The van der Waals surface area contributed by atoms with E-state index in [0.29, 0.717) is 29.6 Å². The van der Waals surface area contributed by atoms with E-state index in [4.69, 9.17) is 15.2 Å². The lowest BCUT2D eigenvalue weighted by Gasteiger charge is -2.06. The largest absolute Gasteiger partial charge is 0.383 e. The van der Waals surface area contributed by atoms with Crippen LogP contribution in [0.15, 0.2) is 10.7 Å². The molecule has 18 heavy (non-hydrogen) atoms. The number of nitrogens with one attached hydrogen (secondary N) is 1. The lowest BCUT2D eigenvalue weighted by atomic mass is 10.3. The van der Waals surface area contributed by atoms with Gasteiger partial charge in [-0.1, -0.05) is 0 Å². The zero-order valence-electron chi connectivity index (χ0n) is 10.5. The summed E-state index contributed by atoms with van der Waals surface area (Å²) in [5.41, 5.74) is 5.60. The molecule has 1 heterocycles. The third kappa shape index (κ3) is 6.73. The molecule has 0 aliphatic carbocycles. The van der Waals surface area contributed by atoms with Crippen LogP contribution in [0.3, 0.4) is 0 Å². The number of anilines is 2. The summed E-state index contributed by atoms with van der Waals surface area (Å²) in [4.78, 5) is 8.23. The summed E-state index contributed by atoms with van der Waals surface area (Å²) in [5.74, 6) is 0.990. The van der Waals surface area contributed by atoms with Crippen LogP contribution in [0.25, 0.3) is 0 Å². The molecule has 0 radical (unpaired) electrons. The van der Waals surface area contributed by atoms with E-state index in [1.54, 1.807) is 13.2 Å². The molecular formula is C11H19BrN4O2. The van der Waals surface area contributed by atoms with Crippen molar-refractivity contribution in [1.29, 1.82) is 0 Å². The van der Waals surface area contributed by atoms with Crippen molar-refractivity contribution >= 4 is 27.7 Å². The van der Waals surface area contributed by atoms with E-state index in [2.05, 4.69) is 31.2 Å². The number of nitrogens with two attached hydrogens (primary N) is 1. The molecule has 1 aromatic rings. The Labute approximate surface area is 115 Å². The van der Waals surface area contributed by atoms with E-state index in [9.17, 15) is 0 Å². The standard InChI is InChI=1S/C11H19BrN4O2/c1-17-6-7-18-5-3-2-4-14-11-15-9(12)8-10(13)16-11/h8H,2-7H2,1H3,(H3,13,14,15,16). The van der Waals surface area contributed by atoms with Gasteiger partial charge in [0, 0.05) is 26.3 Å². The number of aromatic nitrogens is 2. The topological polar surface area (TPSA) is 82.3 Å². The average molecular weight is 319 g/mol. The van der Waals surface area contributed by atoms with E-state index < -0.39 is 0 Å². The summed E-state index contributed by atoms with van der Waals surface area (Å²) < 4.78 is 10.9. The molecule has 0 spiro atoms. The summed E-state index contributed by atoms with van der Waals surface area (Å²) in [7, 11) is 1.66. The molecule has 0 amide bonds. The van der Waals surface area contributed by atoms with Crippen LogP contribution in [0.4, 0.5) is 11.8 Å². The van der Waals surface area contributed by atoms with Crippen LogP contribution in [0.1, 0.15) is 12.8 Å². The van der Waals surface area contributed by atoms with Crippen LogP contribution in [-0.4, -0.2) is 43.4 Å². The normalized spacial score (nSPS) is 10.6. The van der Waals surface area contributed by atoms with Crippen molar-refractivity contribution in [3.8, 4) is 0 Å². The lowest BCUT2D eigenvalue weighted by Crippen LogP contribution is -2.08. The number of nitrogen functional groups attached to an aromatic ring is 1. The Balaban J connectivity index is 2.07. The summed E-state index contributed by atoms with van der Waals surface area (Å²) in [5, 5.41) is 3.12. The van der Waals surface area contributed by atoms with Crippen LogP contribution in [0.5, 0.6) is 0 Å². The smallest absolute Gasteiger partial charge is 0.225 e. The van der Waals surface area contributed by atoms with Gasteiger partial charge in [0.2, 0.25) is 5.95 Å². The highest BCUT2D eigenvalue weighted by atomic mass is 79.9. The highest BCUT2D eigenvalue weighted by molar-refractivity contribution is 9.10. The minimum absolute atomic E-state index is 0.447. The summed E-state index contributed by atoms with van der Waals surface area (Å²) in [6, 6.07) is 1.66. The van der Waals surface area contributed by atoms with Crippen molar-refractivity contribution in [3.05, 3.63) is 10.7 Å². The highest BCUT2D eigenvalue weighted by Crippen LogP contribution is 2.12. The second kappa shape index (κ2) is 9.07. The maximum atomic E-state index is 5.60. The van der Waals surface area contributed by atoms with Crippen LogP contribution in [-0.2, 0) is 9.47 Å². The van der Waals surface area contributed by atoms with Crippen LogP contribution in [0, 0.1) is 0 Å². The van der Waals surface area contributed by atoms with Gasteiger partial charge in [0.15, 0.2) is 0 Å². The summed E-state index contributed by atoms with van der Waals surface area (Å²) in [6.45, 7) is 2.83. The molecule has 1 aromatic heterocycles. The highest BCUT2D eigenvalue weighted by Gasteiger charge is 1.99. The fraction of sp³-hybridized carbons (Fsp3) is 0.636. The van der Waals surface area contributed by atoms with E-state index >= 15 is 0 Å². The zero-order valence-corrected chi connectivity index (χ0v) is 12.1. The van der Waals surface area contributed by atoms with Crippen molar-refractivity contribution < 1.29 is 9.47 Å². The Morgan fingerprint density at radius 1 is 1.28 bits per heavy atom. The molecule has 0 saturated carbocycles. The van der Waals surface area contributed by atoms with Crippen LogP contribution < -0.4 is 11.1 Å². The molecule has 0 aliphatic heterocycles. The van der Waals surface area contributed by atoms with E-state index in [0.717, 1.165) is 26.0 Å². The minimum Gasteiger partial charge on any atom is -0.383 e. The molecule has 0 bridgehead atoms. The first-order chi connectivity index (χ1) is 8.72. The molecule has 6 nitrogen and oxygen atoms in total. The Hall–Kier alpha value is -0.920. The number of hydrogen-bond donors (Lipinski definition) is 2. The second-order valence-corrected chi connectivity index (χ2v) is 4.49. The van der Waals surface area contributed by atoms with Gasteiger partial charge in [0.25, 0.3) is 0 Å². The van der Waals surface area contributed by atoms with Crippen molar-refractivity contribution in [1.82, 2.24) is 9.97 Å². The molecule has 0 atom stereocenters. The molecular weight excluding hydrogens is 300 g/mol. The number of ether oxygens (including phenoxy) is 2. The summed E-state index contributed by atoms with van der Waals surface area (Å²) >= 11 is 3.27. The second-order valence-electron chi connectivity index (χ2n) is 3.68. The van der Waals surface area contributed by atoms with Crippen molar-refractivity contribution in [3.63, 3.8) is 0 Å². The van der Waals surface area contributed by atoms with Crippen molar-refractivity contribution in [2.75, 3.05) is 44.5 Å². The first kappa shape index (κ1) is 15.1. The Bertz CT molecular complexity index is 332. The third-order valence-electron chi connectivity index (χ3n) is 2.15. The van der Waals surface area contributed by atoms with Crippen LogP contribution in [0.2, 0.25) is 0 Å². The van der Waals surface area contributed by atoms with Gasteiger partial charge in [-0.05, 0) is 28.8 Å². The monoisotopic (exact) mass is 318 g/mol. The first-order valence-corrected chi connectivity index (χ1v) is 6.62. The third-order valence-corrected chi connectivity index (χ3v) is 2.55. The molecule has 0 saturated heterocycles. The average Bonchev–Trinajstić information content (AvgIpc) is 2.31. The first-order valence-electron chi connectivity index (χ1n) is 5.83. The molecule has 0 aliphatic rings. The van der Waals surface area contributed by atoms with Crippen molar-refractivity contribution in [2.24, 2.45) is 0 Å². The maximum Gasteiger partial charge on any atom is 0.225 e. The molecule has 102 valence electrons. The molecule has 0 unspecified atom stereocenters. The zero-order chi connectivity index (χ0) is 13.2. The molecule has 0 aromatic carbocycles. The molecule has 3 N–H and O–H groups in total. The van der Waals surface area contributed by atoms with Crippen LogP contribution >= 0.6 is 15.9 Å². The Kier molecular flexibility index (Phi) is 7.63. The SMILES string of the molecule is COCCOCCCCNc1nc(N)cc(Br)n1. The van der Waals surface area contributed by atoms with Gasteiger partial charge in [-0.2, -0.15) is 4.98 Å². The quantitative estimate of drug-likeness (QED) is 0.532. The maximum absolute atomic E-state index is 5.60. The number of rotatable bonds is 9. The summed E-state index contributed by atoms with van der Waals surface area (Å²) in [6.07, 6.45) is 1.98. The molecule has 0 fully saturated rings. The number of unbranched alkanes of at least 4 members (excludes halogenated alkanes) is 1. The van der Waals surface area contributed by atoms with E-state index in [-0.39, 0.29) is 0 Å². The van der Waals surface area contributed by atoms with E-state index in [1.807, 2.05) is 0 Å². The van der Waals surface area contributed by atoms with Gasteiger partial charge in [-0.15, -0.1) is 0 Å². The van der Waals surface area contributed by atoms with Gasteiger partial charge in [0.05, 0.1) is 13.2 Å².